The minimum atomic E-state index is 0.808. The summed E-state index contributed by atoms with van der Waals surface area (Å²) in [5.41, 5.74) is 6.13. The van der Waals surface area contributed by atoms with Crippen molar-refractivity contribution < 1.29 is 0 Å². The molecule has 1 aromatic heterocycles. The Labute approximate surface area is 94.7 Å². The Morgan fingerprint density at radius 1 is 1.06 bits per heavy atom. The predicted molar refractivity (Wildman–Crippen MR) is 65.7 cm³/mol. The average Bonchev–Trinajstić information content (AvgIpc) is 2.75. The molecule has 0 unspecified atom stereocenters. The van der Waals surface area contributed by atoms with Crippen LogP contribution >= 0.6 is 0 Å². The number of nitrogens with zero attached hydrogens (tertiary/aromatic N) is 2. The maximum atomic E-state index is 4.26. The Morgan fingerprint density at radius 2 is 2.00 bits per heavy atom. The van der Waals surface area contributed by atoms with Gasteiger partial charge in [0.25, 0.3) is 0 Å². The molecule has 16 heavy (non-hydrogen) atoms. The van der Waals surface area contributed by atoms with Gasteiger partial charge in [-0.25, -0.2) is 0 Å². The molecule has 0 N–H and O–H groups in total. The van der Waals surface area contributed by atoms with E-state index in [1.165, 1.54) is 27.8 Å². The lowest BCUT2D eigenvalue weighted by Crippen LogP contribution is -1.87. The molecular weight excluding hydrogens is 196 g/mol. The Kier molecular flexibility index (Phi) is 2.07. The van der Waals surface area contributed by atoms with Gasteiger partial charge >= 0.3 is 0 Å². The molecule has 2 nitrogen and oxygen atoms in total. The fourth-order valence-corrected chi connectivity index (χ4v) is 2.00. The molecule has 0 saturated heterocycles. The molecule has 1 aromatic carbocycles. The number of aryl methyl sites for hydroxylation is 1. The van der Waals surface area contributed by atoms with Crippen molar-refractivity contribution in [2.45, 2.75) is 13.5 Å². The van der Waals surface area contributed by atoms with Crippen LogP contribution in [0.1, 0.15) is 16.7 Å². The fraction of sp³-hybridized carbons (Fsp3) is 0.143. The summed E-state index contributed by atoms with van der Waals surface area (Å²) in [4.78, 5) is 8.49. The quantitative estimate of drug-likeness (QED) is 0.707. The molecule has 0 spiro atoms. The molecule has 2 heterocycles. The molecule has 1 aliphatic rings. The van der Waals surface area contributed by atoms with Gasteiger partial charge in [0.15, 0.2) is 0 Å². The van der Waals surface area contributed by atoms with E-state index in [1.807, 2.05) is 18.6 Å². The van der Waals surface area contributed by atoms with Crippen molar-refractivity contribution in [2.75, 3.05) is 0 Å². The lowest BCUT2D eigenvalue weighted by Gasteiger charge is -2.04. The lowest BCUT2D eigenvalue weighted by atomic mass is 10.0. The number of aliphatic imine (C=N–C) groups is 1. The average molecular weight is 208 g/mol. The van der Waals surface area contributed by atoms with Crippen molar-refractivity contribution >= 4 is 6.21 Å². The van der Waals surface area contributed by atoms with Crippen molar-refractivity contribution in [3.8, 4) is 11.1 Å². The largest absolute Gasteiger partial charge is 0.288 e. The number of hydrogen-bond donors (Lipinski definition) is 0. The van der Waals surface area contributed by atoms with Crippen LogP contribution in [0, 0.1) is 6.92 Å². The SMILES string of the molecule is Cc1cncc(-c2ccc3c(c2)CN=C3)c1. The van der Waals surface area contributed by atoms with Crippen LogP contribution in [-0.2, 0) is 6.54 Å². The second-order valence-electron chi connectivity index (χ2n) is 4.13. The minimum Gasteiger partial charge on any atom is -0.288 e. The van der Waals surface area contributed by atoms with Crippen LogP contribution in [0.3, 0.4) is 0 Å². The Balaban J connectivity index is 2.08. The third-order valence-corrected chi connectivity index (χ3v) is 2.84. The molecule has 0 fully saturated rings. The first-order valence-corrected chi connectivity index (χ1v) is 5.38. The van der Waals surface area contributed by atoms with E-state index in [0.717, 1.165) is 6.54 Å². The standard InChI is InChI=1S/C14H12N2/c1-10-4-13(8-15-6-10)11-2-3-12-7-16-9-14(12)5-11/h2-8H,9H2,1H3. The van der Waals surface area contributed by atoms with Gasteiger partial charge in [0.1, 0.15) is 0 Å². The van der Waals surface area contributed by atoms with E-state index in [0.29, 0.717) is 0 Å². The van der Waals surface area contributed by atoms with Gasteiger partial charge in [0.2, 0.25) is 0 Å². The molecule has 2 heteroatoms. The van der Waals surface area contributed by atoms with Crippen LogP contribution in [0.25, 0.3) is 11.1 Å². The first-order chi connectivity index (χ1) is 7.83. The summed E-state index contributed by atoms with van der Waals surface area (Å²) < 4.78 is 0. The number of rotatable bonds is 1. The minimum absolute atomic E-state index is 0.808. The normalized spacial score (nSPS) is 12.8. The van der Waals surface area contributed by atoms with Gasteiger partial charge in [0, 0.05) is 24.2 Å². The van der Waals surface area contributed by atoms with E-state index in [2.05, 4.69) is 41.2 Å². The van der Waals surface area contributed by atoms with Gasteiger partial charge in [0.05, 0.1) is 6.54 Å². The number of fused-ring (bicyclic) bond motifs is 1. The van der Waals surface area contributed by atoms with E-state index in [1.54, 1.807) is 0 Å². The summed E-state index contributed by atoms with van der Waals surface area (Å²) in [6, 6.07) is 8.62. The zero-order valence-electron chi connectivity index (χ0n) is 9.14. The highest BCUT2D eigenvalue weighted by molar-refractivity contribution is 5.85. The predicted octanol–water partition coefficient (Wildman–Crippen LogP) is 2.99. The monoisotopic (exact) mass is 208 g/mol. The third-order valence-electron chi connectivity index (χ3n) is 2.84. The van der Waals surface area contributed by atoms with Gasteiger partial charge < -0.3 is 0 Å². The van der Waals surface area contributed by atoms with Crippen molar-refractivity contribution in [2.24, 2.45) is 4.99 Å². The number of hydrogen-bond acceptors (Lipinski definition) is 2. The van der Waals surface area contributed by atoms with Crippen molar-refractivity contribution in [1.82, 2.24) is 4.98 Å². The molecule has 0 radical (unpaired) electrons. The van der Waals surface area contributed by atoms with E-state index in [4.69, 9.17) is 0 Å². The highest BCUT2D eigenvalue weighted by atomic mass is 14.7. The number of pyridine rings is 1. The molecule has 0 bridgehead atoms. The molecule has 0 amide bonds. The molecule has 3 rings (SSSR count). The van der Waals surface area contributed by atoms with Gasteiger partial charge in [-0.2, -0.15) is 0 Å². The fourth-order valence-electron chi connectivity index (χ4n) is 2.00. The molecule has 1 aliphatic heterocycles. The lowest BCUT2D eigenvalue weighted by molar-refractivity contribution is 1.11. The van der Waals surface area contributed by atoms with Crippen molar-refractivity contribution in [3.63, 3.8) is 0 Å². The van der Waals surface area contributed by atoms with Crippen LogP contribution in [0.2, 0.25) is 0 Å². The highest BCUT2D eigenvalue weighted by Gasteiger charge is 2.07. The molecule has 0 atom stereocenters. The first kappa shape index (κ1) is 9.28. The van der Waals surface area contributed by atoms with E-state index in [-0.39, 0.29) is 0 Å². The Morgan fingerprint density at radius 3 is 2.88 bits per heavy atom. The van der Waals surface area contributed by atoms with Gasteiger partial charge in [-0.1, -0.05) is 12.1 Å². The van der Waals surface area contributed by atoms with Crippen LogP contribution in [0.15, 0.2) is 41.7 Å². The van der Waals surface area contributed by atoms with E-state index in [9.17, 15) is 0 Å². The summed E-state index contributed by atoms with van der Waals surface area (Å²) in [6.45, 7) is 2.87. The highest BCUT2D eigenvalue weighted by Crippen LogP contribution is 2.24. The van der Waals surface area contributed by atoms with Gasteiger partial charge in [-0.3, -0.25) is 9.98 Å². The number of aromatic nitrogens is 1. The van der Waals surface area contributed by atoms with E-state index >= 15 is 0 Å². The summed E-state index contributed by atoms with van der Waals surface area (Å²) in [5, 5.41) is 0. The molecule has 2 aromatic rings. The zero-order chi connectivity index (χ0) is 11.0. The number of benzene rings is 1. The van der Waals surface area contributed by atoms with Crippen LogP contribution in [-0.4, -0.2) is 11.2 Å². The van der Waals surface area contributed by atoms with Crippen molar-refractivity contribution in [3.05, 3.63) is 53.3 Å². The smallest absolute Gasteiger partial charge is 0.0646 e. The first-order valence-electron chi connectivity index (χ1n) is 5.38. The summed E-state index contributed by atoms with van der Waals surface area (Å²) >= 11 is 0. The zero-order valence-corrected chi connectivity index (χ0v) is 9.14. The second kappa shape index (κ2) is 3.56. The Hall–Kier alpha value is -1.96. The second-order valence-corrected chi connectivity index (χ2v) is 4.13. The van der Waals surface area contributed by atoms with Gasteiger partial charge in [-0.15, -0.1) is 0 Å². The molecule has 0 saturated carbocycles. The van der Waals surface area contributed by atoms with Gasteiger partial charge in [-0.05, 0) is 41.3 Å². The molecule has 0 aliphatic carbocycles. The maximum Gasteiger partial charge on any atom is 0.0646 e. The Bertz CT molecular complexity index is 571. The van der Waals surface area contributed by atoms with E-state index < -0.39 is 0 Å². The maximum absolute atomic E-state index is 4.26. The topological polar surface area (TPSA) is 25.2 Å². The van der Waals surface area contributed by atoms with Crippen LogP contribution < -0.4 is 0 Å². The van der Waals surface area contributed by atoms with Crippen LogP contribution in [0.4, 0.5) is 0 Å². The molecule has 78 valence electrons. The summed E-state index contributed by atoms with van der Waals surface area (Å²) in [6.07, 6.45) is 5.72. The third kappa shape index (κ3) is 1.52. The summed E-state index contributed by atoms with van der Waals surface area (Å²) in [7, 11) is 0. The molecular formula is C14H12N2. The van der Waals surface area contributed by atoms with Crippen molar-refractivity contribution in [1.29, 1.82) is 0 Å². The van der Waals surface area contributed by atoms with Crippen LogP contribution in [0.5, 0.6) is 0 Å². The summed E-state index contributed by atoms with van der Waals surface area (Å²) in [5.74, 6) is 0.